The van der Waals surface area contributed by atoms with Crippen molar-refractivity contribution in [2.75, 3.05) is 18.4 Å². The van der Waals surface area contributed by atoms with Gasteiger partial charge in [-0.2, -0.15) is 4.31 Å². The zero-order valence-electron chi connectivity index (χ0n) is 15.5. The Morgan fingerprint density at radius 2 is 1.90 bits per heavy atom. The largest absolute Gasteiger partial charge is 0.508 e. The lowest BCUT2D eigenvalue weighted by Gasteiger charge is -2.17. The predicted octanol–water partition coefficient (Wildman–Crippen LogP) is 2.30. The second kappa shape index (κ2) is 8.40. The number of nitrogens with zero attached hydrogens (tertiary/aromatic N) is 1. The van der Waals surface area contributed by atoms with Crippen LogP contribution in [0.3, 0.4) is 0 Å². The van der Waals surface area contributed by atoms with E-state index in [1.807, 2.05) is 0 Å². The number of sulfonamides is 1. The number of carbonyl (C=O) groups is 1. The first kappa shape index (κ1) is 21.1. The van der Waals surface area contributed by atoms with Crippen molar-refractivity contribution in [1.29, 1.82) is 5.41 Å². The fourth-order valence-electron chi connectivity index (χ4n) is 3.13. The van der Waals surface area contributed by atoms with Crippen LogP contribution >= 0.6 is 11.6 Å². The number of nitrogen functional groups attached to an aromatic ring is 1. The number of benzene rings is 2. The molecule has 5 N–H and O–H groups in total. The van der Waals surface area contributed by atoms with Crippen LogP contribution in [0.4, 0.5) is 5.69 Å². The van der Waals surface area contributed by atoms with E-state index in [2.05, 4.69) is 5.32 Å². The molecule has 0 bridgehead atoms. The first-order chi connectivity index (χ1) is 13.7. The lowest BCUT2D eigenvalue weighted by molar-refractivity contribution is -0.115. The van der Waals surface area contributed by atoms with Crippen LogP contribution in [0, 0.1) is 5.41 Å². The fraction of sp³-hybridized carbons (Fsp3) is 0.263. The standard InChI is InChI=1S/C19H21ClN4O4S/c20-15-11-14(4-6-17(15)29(27,28)24-7-1-2-8-24)23-18(26)10-13-9-12(19(21)22)3-5-16(13)25/h3-6,9,11,25H,1-2,7-8,10H2,(H3,21,22)(H,23,26). The summed E-state index contributed by atoms with van der Waals surface area (Å²) in [6.07, 6.45) is 1.49. The summed E-state index contributed by atoms with van der Waals surface area (Å²) in [4.78, 5) is 12.3. The van der Waals surface area contributed by atoms with E-state index >= 15 is 0 Å². The van der Waals surface area contributed by atoms with Crippen molar-refractivity contribution < 1.29 is 18.3 Å². The maximum absolute atomic E-state index is 12.7. The molecule has 10 heteroatoms. The Labute approximate surface area is 173 Å². The summed E-state index contributed by atoms with van der Waals surface area (Å²) in [7, 11) is -3.66. The summed E-state index contributed by atoms with van der Waals surface area (Å²) in [5.41, 5.74) is 6.48. The third-order valence-electron chi connectivity index (χ3n) is 4.64. The summed E-state index contributed by atoms with van der Waals surface area (Å²) in [6, 6.07) is 8.55. The number of nitrogens with two attached hydrogens (primary N) is 1. The van der Waals surface area contributed by atoms with E-state index in [0.717, 1.165) is 12.8 Å². The second-order valence-corrected chi connectivity index (χ2v) is 9.05. The molecule has 0 unspecified atom stereocenters. The van der Waals surface area contributed by atoms with Crippen molar-refractivity contribution in [3.05, 3.63) is 52.5 Å². The van der Waals surface area contributed by atoms with Crippen LogP contribution in [0.1, 0.15) is 24.0 Å². The predicted molar refractivity (Wildman–Crippen MR) is 111 cm³/mol. The molecule has 0 spiro atoms. The van der Waals surface area contributed by atoms with Gasteiger partial charge in [-0.1, -0.05) is 11.6 Å². The Kier molecular flexibility index (Phi) is 6.11. The number of phenols is 1. The molecular formula is C19H21ClN4O4S. The molecule has 1 saturated heterocycles. The molecule has 154 valence electrons. The summed E-state index contributed by atoms with van der Waals surface area (Å²) < 4.78 is 26.7. The van der Waals surface area contributed by atoms with Crippen LogP contribution in [-0.4, -0.2) is 42.7 Å². The molecule has 1 aliphatic rings. The van der Waals surface area contributed by atoms with Crippen LogP contribution in [0.15, 0.2) is 41.3 Å². The first-order valence-electron chi connectivity index (χ1n) is 8.94. The third kappa shape index (κ3) is 4.69. The number of amidine groups is 1. The smallest absolute Gasteiger partial charge is 0.244 e. The Balaban J connectivity index is 1.74. The zero-order chi connectivity index (χ0) is 21.2. The van der Waals surface area contributed by atoms with Crippen molar-refractivity contribution >= 4 is 39.1 Å². The van der Waals surface area contributed by atoms with Gasteiger partial charge in [0.15, 0.2) is 0 Å². The van der Waals surface area contributed by atoms with E-state index < -0.39 is 15.9 Å². The molecular weight excluding hydrogens is 416 g/mol. The van der Waals surface area contributed by atoms with Gasteiger partial charge >= 0.3 is 0 Å². The number of carbonyl (C=O) groups excluding carboxylic acids is 1. The number of hydrogen-bond donors (Lipinski definition) is 4. The number of rotatable bonds is 6. The molecule has 1 fully saturated rings. The van der Waals surface area contributed by atoms with E-state index in [-0.39, 0.29) is 27.9 Å². The highest BCUT2D eigenvalue weighted by atomic mass is 35.5. The van der Waals surface area contributed by atoms with E-state index in [0.29, 0.717) is 29.9 Å². The molecule has 3 rings (SSSR count). The maximum atomic E-state index is 12.7. The van der Waals surface area contributed by atoms with Crippen molar-refractivity contribution in [2.45, 2.75) is 24.2 Å². The van der Waals surface area contributed by atoms with Gasteiger partial charge in [0.25, 0.3) is 0 Å². The summed E-state index contributed by atoms with van der Waals surface area (Å²) in [6.45, 7) is 0.944. The number of hydrogen-bond acceptors (Lipinski definition) is 5. The lowest BCUT2D eigenvalue weighted by Crippen LogP contribution is -2.28. The molecule has 1 heterocycles. The first-order valence-corrected chi connectivity index (χ1v) is 10.8. The summed E-state index contributed by atoms with van der Waals surface area (Å²) >= 11 is 6.18. The molecule has 2 aromatic carbocycles. The Hall–Kier alpha value is -2.62. The van der Waals surface area contributed by atoms with Crippen molar-refractivity contribution in [3.8, 4) is 5.75 Å². The molecule has 0 aliphatic carbocycles. The van der Waals surface area contributed by atoms with Crippen molar-refractivity contribution in [2.24, 2.45) is 5.73 Å². The van der Waals surface area contributed by atoms with Gasteiger partial charge < -0.3 is 16.2 Å². The quantitative estimate of drug-likeness (QED) is 0.406. The topological polar surface area (TPSA) is 137 Å². The van der Waals surface area contributed by atoms with Gasteiger partial charge in [-0.25, -0.2) is 8.42 Å². The minimum atomic E-state index is -3.66. The van der Waals surface area contributed by atoms with Gasteiger partial charge in [-0.3, -0.25) is 10.2 Å². The SMILES string of the molecule is N=C(N)c1ccc(O)c(CC(=O)Nc2ccc(S(=O)(=O)N3CCCC3)c(Cl)c2)c1. The van der Waals surface area contributed by atoms with Crippen LogP contribution in [0.5, 0.6) is 5.75 Å². The number of nitrogens with one attached hydrogen (secondary N) is 2. The Morgan fingerprint density at radius 1 is 1.21 bits per heavy atom. The van der Waals surface area contributed by atoms with Gasteiger partial charge in [0.1, 0.15) is 16.5 Å². The number of aromatic hydroxyl groups is 1. The minimum absolute atomic E-state index is 0.00543. The molecule has 1 aliphatic heterocycles. The second-order valence-electron chi connectivity index (χ2n) is 6.74. The molecule has 0 atom stereocenters. The van der Waals surface area contributed by atoms with Gasteiger partial charge in [-0.05, 0) is 49.2 Å². The monoisotopic (exact) mass is 436 g/mol. The molecule has 0 aromatic heterocycles. The maximum Gasteiger partial charge on any atom is 0.244 e. The van der Waals surface area contributed by atoms with E-state index in [9.17, 15) is 18.3 Å². The Bertz CT molecular complexity index is 1070. The average molecular weight is 437 g/mol. The third-order valence-corrected chi connectivity index (χ3v) is 7.02. The highest BCUT2D eigenvalue weighted by Crippen LogP contribution is 2.29. The highest BCUT2D eigenvalue weighted by Gasteiger charge is 2.29. The van der Waals surface area contributed by atoms with E-state index in [1.165, 1.54) is 40.7 Å². The molecule has 0 saturated carbocycles. The van der Waals surface area contributed by atoms with Crippen LogP contribution in [0.2, 0.25) is 5.02 Å². The van der Waals surface area contributed by atoms with Crippen LogP contribution in [-0.2, 0) is 21.2 Å². The lowest BCUT2D eigenvalue weighted by atomic mass is 10.1. The molecule has 1 amide bonds. The Morgan fingerprint density at radius 3 is 2.52 bits per heavy atom. The summed E-state index contributed by atoms with van der Waals surface area (Å²) in [5, 5.41) is 20.0. The van der Waals surface area contributed by atoms with Crippen LogP contribution < -0.4 is 11.1 Å². The number of anilines is 1. The van der Waals surface area contributed by atoms with E-state index in [1.54, 1.807) is 0 Å². The highest BCUT2D eigenvalue weighted by molar-refractivity contribution is 7.89. The normalized spacial score (nSPS) is 14.7. The number of phenolic OH excluding ortho intramolecular Hbond substituents is 1. The molecule has 2 aromatic rings. The minimum Gasteiger partial charge on any atom is -0.508 e. The van der Waals surface area contributed by atoms with E-state index in [4.69, 9.17) is 22.7 Å². The summed E-state index contributed by atoms with van der Waals surface area (Å²) in [5.74, 6) is -0.698. The van der Waals surface area contributed by atoms with Crippen LogP contribution in [0.25, 0.3) is 0 Å². The fourth-order valence-corrected chi connectivity index (χ4v) is 5.16. The van der Waals surface area contributed by atoms with Crippen molar-refractivity contribution in [1.82, 2.24) is 4.31 Å². The molecule has 0 radical (unpaired) electrons. The number of amides is 1. The average Bonchev–Trinajstić information content (AvgIpc) is 3.18. The van der Waals surface area contributed by atoms with Crippen molar-refractivity contribution in [3.63, 3.8) is 0 Å². The van der Waals surface area contributed by atoms with Gasteiger partial charge in [0.2, 0.25) is 15.9 Å². The van der Waals surface area contributed by atoms with Gasteiger partial charge in [0, 0.05) is 29.9 Å². The van der Waals surface area contributed by atoms with Gasteiger partial charge in [0.05, 0.1) is 11.4 Å². The molecule has 8 nitrogen and oxygen atoms in total. The number of halogens is 1. The zero-order valence-corrected chi connectivity index (χ0v) is 17.1. The molecule has 29 heavy (non-hydrogen) atoms. The van der Waals surface area contributed by atoms with Gasteiger partial charge in [-0.15, -0.1) is 0 Å².